The second-order valence-corrected chi connectivity index (χ2v) is 12.1. The lowest BCUT2D eigenvalue weighted by atomic mass is 9.91. The van der Waals surface area contributed by atoms with Crippen LogP contribution in [0.1, 0.15) is 38.6 Å². The summed E-state index contributed by atoms with van der Waals surface area (Å²) in [6.07, 6.45) is 1.45. The number of nitrogens with zero attached hydrogens (tertiary/aromatic N) is 2. The molecule has 0 amide bonds. The highest BCUT2D eigenvalue weighted by atomic mass is 32.2. The van der Waals surface area contributed by atoms with Crippen LogP contribution in [0.4, 0.5) is 0 Å². The second kappa shape index (κ2) is 7.33. The Balaban J connectivity index is 1.75. The number of hydrogen-bond donors (Lipinski definition) is 0. The zero-order valence-corrected chi connectivity index (χ0v) is 18.4. The Kier molecular flexibility index (Phi) is 5.48. The Morgan fingerprint density at radius 3 is 2.17 bits per heavy atom. The van der Waals surface area contributed by atoms with Crippen molar-refractivity contribution in [3.63, 3.8) is 0 Å². The van der Waals surface area contributed by atoms with Gasteiger partial charge in [-0.05, 0) is 30.7 Å². The minimum Gasteiger partial charge on any atom is -0.361 e. The molecule has 1 aromatic carbocycles. The summed E-state index contributed by atoms with van der Waals surface area (Å²) in [7, 11) is -7.32. The van der Waals surface area contributed by atoms with Crippen LogP contribution in [0.25, 0.3) is 0 Å². The number of Topliss-reactive ketones (excluding diaryl/α,β-unsaturated/α-hetero) is 1. The lowest BCUT2D eigenvalue weighted by Gasteiger charge is -2.38. The van der Waals surface area contributed by atoms with E-state index < -0.39 is 25.9 Å². The molecule has 0 spiro atoms. The van der Waals surface area contributed by atoms with E-state index in [0.717, 1.165) is 16.3 Å². The molecule has 1 saturated heterocycles. The summed E-state index contributed by atoms with van der Waals surface area (Å²) in [5, 5.41) is 3.98. The van der Waals surface area contributed by atoms with Gasteiger partial charge in [-0.2, -0.15) is 4.31 Å². The van der Waals surface area contributed by atoms with Crippen LogP contribution in [0.2, 0.25) is 0 Å². The van der Waals surface area contributed by atoms with Gasteiger partial charge in [0.05, 0.1) is 27.9 Å². The quantitative estimate of drug-likeness (QED) is 0.674. The van der Waals surface area contributed by atoms with E-state index in [9.17, 15) is 21.6 Å². The van der Waals surface area contributed by atoms with E-state index in [4.69, 9.17) is 4.52 Å². The fraction of sp³-hybridized carbons (Fsp3) is 0.474. The molecular formula is C19H24N2O6S2. The molecular weight excluding hydrogens is 416 g/mol. The van der Waals surface area contributed by atoms with Crippen molar-refractivity contribution in [2.45, 2.75) is 54.9 Å². The van der Waals surface area contributed by atoms with E-state index >= 15 is 0 Å². The van der Waals surface area contributed by atoms with Gasteiger partial charge in [0.2, 0.25) is 10.0 Å². The van der Waals surface area contributed by atoms with Crippen LogP contribution in [0.15, 0.2) is 44.6 Å². The number of ketones is 1. The monoisotopic (exact) mass is 440 g/mol. The van der Waals surface area contributed by atoms with Crippen LogP contribution in [0.5, 0.6) is 0 Å². The van der Waals surface area contributed by atoms with Crippen LogP contribution in [0.3, 0.4) is 0 Å². The van der Waals surface area contributed by atoms with Gasteiger partial charge in [-0.25, -0.2) is 16.8 Å². The number of sulfonamides is 1. The summed E-state index contributed by atoms with van der Waals surface area (Å²) in [5.41, 5.74) is 0.513. The summed E-state index contributed by atoms with van der Waals surface area (Å²) in [6.45, 7) is 6.17. The molecule has 0 aliphatic carbocycles. The van der Waals surface area contributed by atoms with Crippen LogP contribution in [-0.2, 0) is 36.5 Å². The van der Waals surface area contributed by atoms with Crippen molar-refractivity contribution < 1.29 is 26.2 Å². The topological polar surface area (TPSA) is 115 Å². The van der Waals surface area contributed by atoms with Crippen molar-refractivity contribution in [1.29, 1.82) is 0 Å². The fourth-order valence-corrected chi connectivity index (χ4v) is 5.29. The van der Waals surface area contributed by atoms with Crippen LogP contribution in [0, 0.1) is 0 Å². The molecule has 1 aliphatic rings. The van der Waals surface area contributed by atoms with Gasteiger partial charge in [-0.3, -0.25) is 4.79 Å². The van der Waals surface area contributed by atoms with Crippen molar-refractivity contribution in [3.05, 3.63) is 41.8 Å². The average Bonchev–Trinajstić information content (AvgIpc) is 3.01. The number of benzene rings is 1. The van der Waals surface area contributed by atoms with Gasteiger partial charge < -0.3 is 4.52 Å². The first-order valence-corrected chi connectivity index (χ1v) is 12.4. The maximum atomic E-state index is 12.9. The average molecular weight is 441 g/mol. The van der Waals surface area contributed by atoms with Crippen molar-refractivity contribution in [2.24, 2.45) is 0 Å². The number of hydrogen-bond acceptors (Lipinski definition) is 7. The smallest absolute Gasteiger partial charge is 0.243 e. The largest absolute Gasteiger partial charge is 0.361 e. The first-order valence-electron chi connectivity index (χ1n) is 9.11. The van der Waals surface area contributed by atoms with Gasteiger partial charge in [0.1, 0.15) is 5.76 Å². The molecule has 0 radical (unpaired) electrons. The number of carbonyl (C=O) groups is 1. The Morgan fingerprint density at radius 2 is 1.72 bits per heavy atom. The third-order valence-corrected chi connectivity index (χ3v) is 7.93. The summed E-state index contributed by atoms with van der Waals surface area (Å²) >= 11 is 0. The zero-order chi connectivity index (χ0) is 21.6. The Labute approximate surface area is 170 Å². The predicted octanol–water partition coefficient (Wildman–Crippen LogP) is 1.95. The standard InChI is InChI=1S/C19H24N2O6S2/c1-19(2,3)18-12-13(27-20-18)11-17(22)16-9-10-21(16)29(25,26)15-7-5-14(6-8-15)28(4,23)24/h5-8,12,16H,9-11H2,1-4H3/t16-/m0/s1. The van der Waals surface area contributed by atoms with Crippen molar-refractivity contribution >= 4 is 25.6 Å². The molecule has 10 heteroatoms. The third kappa shape index (κ3) is 4.44. The van der Waals surface area contributed by atoms with Gasteiger partial charge in [-0.15, -0.1) is 0 Å². The molecule has 1 aromatic heterocycles. The Hall–Kier alpha value is -2.04. The van der Waals surface area contributed by atoms with Crippen LogP contribution >= 0.6 is 0 Å². The molecule has 1 aliphatic heterocycles. The molecule has 0 bridgehead atoms. The lowest BCUT2D eigenvalue weighted by molar-refractivity contribution is -0.125. The summed E-state index contributed by atoms with van der Waals surface area (Å²) in [5.74, 6) is 0.144. The lowest BCUT2D eigenvalue weighted by Crippen LogP contribution is -2.55. The fourth-order valence-electron chi connectivity index (χ4n) is 3.01. The van der Waals surface area contributed by atoms with Crippen LogP contribution in [-0.4, -0.2) is 50.9 Å². The minimum absolute atomic E-state index is 0.0349. The molecule has 2 heterocycles. The maximum absolute atomic E-state index is 12.9. The van der Waals surface area contributed by atoms with Crippen molar-refractivity contribution in [3.8, 4) is 0 Å². The van der Waals surface area contributed by atoms with Crippen molar-refractivity contribution in [1.82, 2.24) is 9.46 Å². The summed E-state index contributed by atoms with van der Waals surface area (Å²) in [6, 6.07) is 5.95. The van der Waals surface area contributed by atoms with Gasteiger partial charge in [-0.1, -0.05) is 25.9 Å². The van der Waals surface area contributed by atoms with Crippen molar-refractivity contribution in [2.75, 3.05) is 12.8 Å². The summed E-state index contributed by atoms with van der Waals surface area (Å²) in [4.78, 5) is 12.6. The zero-order valence-electron chi connectivity index (χ0n) is 16.7. The van der Waals surface area contributed by atoms with E-state index in [1.165, 1.54) is 24.3 Å². The van der Waals surface area contributed by atoms with E-state index in [1.807, 2.05) is 20.8 Å². The van der Waals surface area contributed by atoms with Crippen LogP contribution < -0.4 is 0 Å². The number of carbonyl (C=O) groups excluding carboxylic acids is 1. The van der Waals surface area contributed by atoms with Gasteiger partial charge in [0, 0.05) is 24.3 Å². The number of sulfone groups is 1. The van der Waals surface area contributed by atoms with Gasteiger partial charge >= 0.3 is 0 Å². The first-order chi connectivity index (χ1) is 13.3. The second-order valence-electron chi connectivity index (χ2n) is 8.24. The number of rotatable bonds is 6. The molecule has 2 aromatic rings. The molecule has 0 N–H and O–H groups in total. The summed E-state index contributed by atoms with van der Waals surface area (Å²) < 4.78 is 55.2. The highest BCUT2D eigenvalue weighted by Gasteiger charge is 2.42. The number of aromatic nitrogens is 1. The normalized spacial score (nSPS) is 18.4. The van der Waals surface area contributed by atoms with Gasteiger partial charge in [0.15, 0.2) is 15.6 Å². The maximum Gasteiger partial charge on any atom is 0.243 e. The molecule has 0 unspecified atom stereocenters. The van der Waals surface area contributed by atoms with E-state index in [-0.39, 0.29) is 34.0 Å². The molecule has 8 nitrogen and oxygen atoms in total. The molecule has 1 atom stereocenters. The molecule has 158 valence electrons. The van der Waals surface area contributed by atoms with Gasteiger partial charge in [0.25, 0.3) is 0 Å². The third-order valence-electron chi connectivity index (χ3n) is 4.88. The first kappa shape index (κ1) is 21.7. The molecule has 1 fully saturated rings. The Bertz CT molecular complexity index is 1130. The van der Waals surface area contributed by atoms with E-state index in [1.54, 1.807) is 6.07 Å². The minimum atomic E-state index is -3.90. The SMILES string of the molecule is CC(C)(C)c1cc(CC(=O)[C@@H]2CCN2S(=O)(=O)c2ccc(S(C)(=O)=O)cc2)on1. The molecule has 3 rings (SSSR count). The molecule has 29 heavy (non-hydrogen) atoms. The van der Waals surface area contributed by atoms with E-state index in [0.29, 0.717) is 12.2 Å². The predicted molar refractivity (Wildman–Crippen MR) is 106 cm³/mol. The highest BCUT2D eigenvalue weighted by Crippen LogP contribution is 2.29. The highest BCUT2D eigenvalue weighted by molar-refractivity contribution is 7.90. The van der Waals surface area contributed by atoms with E-state index in [2.05, 4.69) is 5.16 Å². The molecule has 0 saturated carbocycles. The Morgan fingerprint density at radius 1 is 1.14 bits per heavy atom.